The Labute approximate surface area is 147 Å². The average molecular weight is 390 g/mol. The van der Waals surface area contributed by atoms with Gasteiger partial charge in [-0.2, -0.15) is 17.7 Å². The highest BCUT2D eigenvalue weighted by molar-refractivity contribution is 7.89. The third-order valence-corrected chi connectivity index (χ3v) is 6.85. The van der Waals surface area contributed by atoms with E-state index >= 15 is 0 Å². The maximum atomic E-state index is 13.0. The molecule has 2 unspecified atom stereocenters. The summed E-state index contributed by atoms with van der Waals surface area (Å²) in [5.74, 6) is -0.382. The lowest BCUT2D eigenvalue weighted by molar-refractivity contribution is -0.146. The fourth-order valence-corrected chi connectivity index (χ4v) is 4.87. The minimum atomic E-state index is -4.64. The summed E-state index contributed by atoms with van der Waals surface area (Å²) >= 11 is 0. The monoisotopic (exact) mass is 390 g/mol. The van der Waals surface area contributed by atoms with E-state index in [2.05, 4.69) is 15.3 Å². The number of anilines is 1. The highest BCUT2D eigenvalue weighted by Crippen LogP contribution is 2.35. The van der Waals surface area contributed by atoms with Crippen molar-refractivity contribution in [1.82, 2.24) is 24.1 Å². The molecule has 0 aromatic carbocycles. The molecular formula is C14H17F3N6O2S. The summed E-state index contributed by atoms with van der Waals surface area (Å²) in [7, 11) is -3.21. The molecule has 2 aliphatic rings. The zero-order valence-corrected chi connectivity index (χ0v) is 14.7. The van der Waals surface area contributed by atoms with Crippen LogP contribution in [0.5, 0.6) is 0 Å². The number of halogens is 3. The van der Waals surface area contributed by atoms with Crippen molar-refractivity contribution in [3.63, 3.8) is 0 Å². The first-order chi connectivity index (χ1) is 12.2. The van der Waals surface area contributed by atoms with Crippen molar-refractivity contribution in [2.24, 2.45) is 11.8 Å². The van der Waals surface area contributed by atoms with Gasteiger partial charge in [0.2, 0.25) is 10.0 Å². The summed E-state index contributed by atoms with van der Waals surface area (Å²) in [6.07, 6.45) is -4.64. The topological polar surface area (TPSA) is 83.7 Å². The van der Waals surface area contributed by atoms with E-state index in [1.165, 1.54) is 10.4 Å². The smallest absolute Gasteiger partial charge is 0.355 e. The van der Waals surface area contributed by atoms with Gasteiger partial charge in [0.05, 0.1) is 5.75 Å². The summed E-state index contributed by atoms with van der Waals surface area (Å²) in [4.78, 5) is 1.89. The Morgan fingerprint density at radius 2 is 1.77 bits per heavy atom. The first-order valence-electron chi connectivity index (χ1n) is 8.21. The Bertz CT molecular complexity index is 930. The first-order valence-corrected chi connectivity index (χ1v) is 9.82. The third kappa shape index (κ3) is 2.80. The van der Waals surface area contributed by atoms with E-state index in [9.17, 15) is 21.6 Å². The second kappa shape index (κ2) is 5.78. The minimum absolute atomic E-state index is 0.0284. The van der Waals surface area contributed by atoms with Crippen LogP contribution in [-0.2, 0) is 16.2 Å². The maximum absolute atomic E-state index is 13.0. The first kappa shape index (κ1) is 17.5. The van der Waals surface area contributed by atoms with Crippen molar-refractivity contribution in [3.05, 3.63) is 18.0 Å². The molecule has 2 fully saturated rings. The summed E-state index contributed by atoms with van der Waals surface area (Å²) < 4.78 is 65.2. The van der Waals surface area contributed by atoms with Gasteiger partial charge in [0.25, 0.3) is 5.82 Å². The standard InChI is InChI=1S/C14H17F3N6O2S/c1-2-26(24,25)22-7-9-5-21(6-10(9)8-22)12-4-3-11-18-19-13(14(15,16)17)23(11)20-12/h3-4,9-10H,2,5-8H2,1H3. The molecule has 4 heterocycles. The normalized spacial score (nSPS) is 24.5. The molecule has 4 rings (SSSR count). The van der Waals surface area contributed by atoms with Crippen LogP contribution in [0.4, 0.5) is 19.0 Å². The van der Waals surface area contributed by atoms with Crippen molar-refractivity contribution >= 4 is 21.5 Å². The van der Waals surface area contributed by atoms with Crippen LogP contribution in [0.3, 0.4) is 0 Å². The maximum Gasteiger partial charge on any atom is 0.453 e. The molecule has 0 radical (unpaired) electrons. The predicted octanol–water partition coefficient (Wildman–Crippen LogP) is 0.861. The summed E-state index contributed by atoms with van der Waals surface area (Å²) in [5.41, 5.74) is 0.0284. The van der Waals surface area contributed by atoms with Gasteiger partial charge in [-0.15, -0.1) is 15.3 Å². The van der Waals surface area contributed by atoms with Gasteiger partial charge in [0, 0.05) is 26.2 Å². The molecule has 0 spiro atoms. The van der Waals surface area contributed by atoms with Gasteiger partial charge in [0.1, 0.15) is 5.82 Å². The highest BCUT2D eigenvalue weighted by atomic mass is 32.2. The predicted molar refractivity (Wildman–Crippen MR) is 86.0 cm³/mol. The Morgan fingerprint density at radius 1 is 1.12 bits per heavy atom. The average Bonchev–Trinajstić information content (AvgIpc) is 3.25. The molecule has 8 nitrogen and oxygen atoms in total. The number of hydrogen-bond acceptors (Lipinski definition) is 6. The van der Waals surface area contributed by atoms with Gasteiger partial charge in [-0.3, -0.25) is 0 Å². The fraction of sp³-hybridized carbons (Fsp3) is 0.643. The van der Waals surface area contributed by atoms with E-state index < -0.39 is 22.0 Å². The molecule has 2 aromatic rings. The van der Waals surface area contributed by atoms with Gasteiger partial charge in [-0.05, 0) is 30.9 Å². The number of nitrogens with zero attached hydrogens (tertiary/aromatic N) is 6. The van der Waals surface area contributed by atoms with Crippen LogP contribution < -0.4 is 4.90 Å². The fourth-order valence-electron chi connectivity index (χ4n) is 3.67. The number of sulfonamides is 1. The Morgan fingerprint density at radius 3 is 2.35 bits per heavy atom. The van der Waals surface area contributed by atoms with Gasteiger partial charge in [-0.25, -0.2) is 12.7 Å². The zero-order valence-electron chi connectivity index (χ0n) is 13.9. The third-order valence-electron chi connectivity index (χ3n) is 5.04. The van der Waals surface area contributed by atoms with E-state index in [-0.39, 0.29) is 23.2 Å². The minimum Gasteiger partial charge on any atom is -0.355 e. The van der Waals surface area contributed by atoms with E-state index in [1.807, 2.05) is 4.90 Å². The zero-order chi connectivity index (χ0) is 18.7. The van der Waals surface area contributed by atoms with Crippen molar-refractivity contribution in [2.45, 2.75) is 13.1 Å². The lowest BCUT2D eigenvalue weighted by Crippen LogP contribution is -2.34. The lowest BCUT2D eigenvalue weighted by Gasteiger charge is -2.21. The van der Waals surface area contributed by atoms with Crippen molar-refractivity contribution in [3.8, 4) is 0 Å². The molecule has 12 heteroatoms. The lowest BCUT2D eigenvalue weighted by atomic mass is 10.0. The van der Waals surface area contributed by atoms with Crippen LogP contribution in [0.25, 0.3) is 5.65 Å². The SMILES string of the molecule is CCS(=O)(=O)N1CC2CN(c3ccc4nnc(C(F)(F)F)n4n3)CC2C1. The molecule has 2 aromatic heterocycles. The molecule has 2 aliphatic heterocycles. The van der Waals surface area contributed by atoms with Crippen LogP contribution in [0.1, 0.15) is 12.7 Å². The van der Waals surface area contributed by atoms with Crippen LogP contribution in [0.2, 0.25) is 0 Å². The molecule has 0 bridgehead atoms. The second-order valence-corrected chi connectivity index (χ2v) is 8.88. The van der Waals surface area contributed by atoms with Gasteiger partial charge in [-0.1, -0.05) is 0 Å². The molecule has 0 aliphatic carbocycles. The molecule has 0 amide bonds. The van der Waals surface area contributed by atoms with E-state index in [1.54, 1.807) is 13.0 Å². The summed E-state index contributed by atoms with van der Waals surface area (Å²) in [6.45, 7) is 3.62. The van der Waals surface area contributed by atoms with Crippen LogP contribution in [-0.4, -0.2) is 64.5 Å². The van der Waals surface area contributed by atoms with Crippen molar-refractivity contribution in [1.29, 1.82) is 0 Å². The molecule has 0 N–H and O–H groups in total. The van der Waals surface area contributed by atoms with E-state index in [0.29, 0.717) is 36.5 Å². The second-order valence-electron chi connectivity index (χ2n) is 6.63. The van der Waals surface area contributed by atoms with Gasteiger partial charge >= 0.3 is 6.18 Å². The van der Waals surface area contributed by atoms with E-state index in [0.717, 1.165) is 0 Å². The quantitative estimate of drug-likeness (QED) is 0.773. The summed E-state index contributed by atoms with van der Waals surface area (Å²) in [5, 5.41) is 10.7. The van der Waals surface area contributed by atoms with Crippen LogP contribution in [0.15, 0.2) is 12.1 Å². The van der Waals surface area contributed by atoms with Gasteiger partial charge < -0.3 is 4.90 Å². The largest absolute Gasteiger partial charge is 0.453 e. The van der Waals surface area contributed by atoms with Crippen molar-refractivity contribution in [2.75, 3.05) is 36.8 Å². The number of hydrogen-bond donors (Lipinski definition) is 0. The van der Waals surface area contributed by atoms with Crippen LogP contribution in [0, 0.1) is 11.8 Å². The Hall–Kier alpha value is -1.95. The number of alkyl halides is 3. The molecule has 26 heavy (non-hydrogen) atoms. The molecule has 2 atom stereocenters. The number of fused-ring (bicyclic) bond motifs is 2. The molecule has 142 valence electrons. The molecule has 0 saturated carbocycles. The highest BCUT2D eigenvalue weighted by Gasteiger charge is 2.44. The van der Waals surface area contributed by atoms with E-state index in [4.69, 9.17) is 0 Å². The summed E-state index contributed by atoms with van der Waals surface area (Å²) in [6, 6.07) is 3.07. The van der Waals surface area contributed by atoms with Crippen molar-refractivity contribution < 1.29 is 21.6 Å². The molecule has 2 saturated heterocycles. The van der Waals surface area contributed by atoms with Gasteiger partial charge in [0.15, 0.2) is 5.65 Å². The number of rotatable bonds is 3. The Kier molecular flexibility index (Phi) is 3.88. The Balaban J connectivity index is 1.56. The molecular weight excluding hydrogens is 373 g/mol. The number of aromatic nitrogens is 4. The van der Waals surface area contributed by atoms with Crippen LogP contribution >= 0.6 is 0 Å².